The molecule has 0 spiro atoms. The van der Waals surface area contributed by atoms with Gasteiger partial charge in [-0.25, -0.2) is 19.6 Å². The van der Waals surface area contributed by atoms with Gasteiger partial charge in [0, 0.05) is 81.0 Å². The number of carbonyl (C=O) groups excluding carboxylic acids is 8. The Hall–Kier alpha value is -8.67. The highest BCUT2D eigenvalue weighted by Gasteiger charge is 2.30. The number of hydrogen-bond donors (Lipinski definition) is 8. The van der Waals surface area contributed by atoms with Crippen LogP contribution >= 0.6 is 0 Å². The standard InChI is InChI=1S/C53H66N14O10/c1-33(2)46(64-43(68)8-4-3-5-23-67-44(69)17-18-45(67)70)50(72)62-39(7-6-21-57-52(55)74)49(71)59-36-13-9-34(10-14-36)32-77-53(75)60-37-20-24-66(31-37)38-15-11-35(12-16-38)40-30-58-48(54)47(61-40)51(73)63-41-29-56-22-19-42(41)65-25-27-76-28-26-65/h9-19,22,29-30,33,37,39,46H,3-8,20-21,23-28,31-32H2,1-2H3,(H2,54,58)(H,59,71)(H,60,75)(H,62,72)(H,63,73)(H,64,68)(H3,55,57,74)/t37-,39-,46-/m0/s1. The molecule has 0 bridgehead atoms. The predicted octanol–water partition coefficient (Wildman–Crippen LogP) is 3.21. The summed E-state index contributed by atoms with van der Waals surface area (Å²) in [5, 5.41) is 16.7. The lowest BCUT2D eigenvalue weighted by molar-refractivity contribution is -0.137. The van der Waals surface area contributed by atoms with Gasteiger partial charge >= 0.3 is 12.1 Å². The predicted molar refractivity (Wildman–Crippen MR) is 286 cm³/mol. The Morgan fingerprint density at radius 1 is 0.831 bits per heavy atom. The highest BCUT2D eigenvalue weighted by molar-refractivity contribution is 6.13. The van der Waals surface area contributed by atoms with E-state index >= 15 is 0 Å². The monoisotopic (exact) mass is 1060 g/mol. The molecule has 10 N–H and O–H groups in total. The van der Waals surface area contributed by atoms with Crippen molar-refractivity contribution in [3.63, 3.8) is 0 Å². The third-order valence-electron chi connectivity index (χ3n) is 13.1. The number of pyridine rings is 1. The zero-order valence-corrected chi connectivity index (χ0v) is 43.1. The zero-order valence-electron chi connectivity index (χ0n) is 43.1. The van der Waals surface area contributed by atoms with E-state index in [1.807, 2.05) is 30.3 Å². The van der Waals surface area contributed by atoms with Crippen LogP contribution in [0.25, 0.3) is 11.3 Å². The Bertz CT molecular complexity index is 2770. The van der Waals surface area contributed by atoms with Gasteiger partial charge in [-0.15, -0.1) is 0 Å². The molecule has 0 unspecified atom stereocenters. The third kappa shape index (κ3) is 16.2. The molecule has 2 fully saturated rings. The van der Waals surface area contributed by atoms with Crippen LogP contribution in [0.2, 0.25) is 0 Å². The number of ether oxygens (including phenoxy) is 2. The number of urea groups is 1. The SMILES string of the molecule is CC(C)[C@H](NC(=O)CCCCCN1C(=O)C=CC1=O)C(=O)N[C@@H](CCCNC(N)=O)C(=O)Nc1ccc(COC(=O)N[C@H]2CCN(c3ccc(-c4cnc(N)c(C(=O)Nc5cnccc5N5CCOCC5)n4)cc3)C2)cc1. The van der Waals surface area contributed by atoms with Crippen LogP contribution in [0.4, 0.5) is 38.2 Å². The number of anilines is 5. The van der Waals surface area contributed by atoms with E-state index in [4.69, 9.17) is 20.9 Å². The van der Waals surface area contributed by atoms with Crippen LogP contribution < -0.4 is 53.2 Å². The van der Waals surface area contributed by atoms with Gasteiger partial charge in [-0.2, -0.15) is 0 Å². The molecule has 24 nitrogen and oxygen atoms in total. The number of amides is 9. The maximum absolute atomic E-state index is 13.6. The van der Waals surface area contributed by atoms with Crippen molar-refractivity contribution < 1.29 is 47.8 Å². The molecule has 5 heterocycles. The van der Waals surface area contributed by atoms with Crippen LogP contribution in [0.5, 0.6) is 0 Å². The molecule has 3 aliphatic rings. The molecule has 4 aromatic rings. The smallest absolute Gasteiger partial charge is 0.407 e. The Labute approximate surface area is 445 Å². The second-order valence-electron chi connectivity index (χ2n) is 19.1. The summed E-state index contributed by atoms with van der Waals surface area (Å²) in [4.78, 5) is 120. The van der Waals surface area contributed by atoms with Gasteiger partial charge < -0.3 is 62.6 Å². The second-order valence-corrected chi connectivity index (χ2v) is 19.1. The van der Waals surface area contributed by atoms with Crippen LogP contribution in [0.1, 0.15) is 74.8 Å². The molecule has 2 saturated heterocycles. The molecule has 9 amide bonds. The number of primary amides is 1. The summed E-state index contributed by atoms with van der Waals surface area (Å²) in [7, 11) is 0. The van der Waals surface area contributed by atoms with E-state index < -0.39 is 41.9 Å². The number of carbonyl (C=O) groups is 8. The fourth-order valence-corrected chi connectivity index (χ4v) is 8.89. The van der Waals surface area contributed by atoms with Crippen molar-refractivity contribution in [2.75, 3.05) is 78.6 Å². The Morgan fingerprint density at radius 3 is 2.29 bits per heavy atom. The average molecular weight is 1060 g/mol. The van der Waals surface area contributed by atoms with Crippen molar-refractivity contribution in [1.82, 2.24) is 41.1 Å². The number of rotatable bonds is 24. The van der Waals surface area contributed by atoms with E-state index in [-0.39, 0.29) is 73.7 Å². The molecular weight excluding hydrogens is 993 g/mol. The van der Waals surface area contributed by atoms with E-state index in [9.17, 15) is 38.4 Å². The third-order valence-corrected chi connectivity index (χ3v) is 13.1. The van der Waals surface area contributed by atoms with Crippen molar-refractivity contribution >= 4 is 76.1 Å². The molecule has 0 saturated carbocycles. The van der Waals surface area contributed by atoms with Gasteiger partial charge in [0.2, 0.25) is 17.7 Å². The van der Waals surface area contributed by atoms with E-state index in [1.165, 1.54) is 18.3 Å². The molecule has 408 valence electrons. The van der Waals surface area contributed by atoms with Crippen LogP contribution in [0, 0.1) is 5.92 Å². The maximum Gasteiger partial charge on any atom is 0.407 e. The highest BCUT2D eigenvalue weighted by atomic mass is 16.5. The summed E-state index contributed by atoms with van der Waals surface area (Å²) < 4.78 is 11.0. The number of hydrogen-bond acceptors (Lipinski definition) is 16. The van der Waals surface area contributed by atoms with Gasteiger partial charge in [0.15, 0.2) is 11.5 Å². The lowest BCUT2D eigenvalue weighted by atomic mass is 10.0. The van der Waals surface area contributed by atoms with Gasteiger partial charge in [0.25, 0.3) is 17.7 Å². The molecule has 7 rings (SSSR count). The molecule has 3 atom stereocenters. The van der Waals surface area contributed by atoms with E-state index in [1.54, 1.807) is 50.5 Å². The number of nitrogens with two attached hydrogens (primary N) is 2. The first-order chi connectivity index (χ1) is 37.1. The van der Waals surface area contributed by atoms with Gasteiger partial charge in [-0.1, -0.05) is 44.5 Å². The molecule has 2 aromatic heterocycles. The number of morpholine rings is 1. The summed E-state index contributed by atoms with van der Waals surface area (Å²) in [6, 6.07) is 13.2. The number of imide groups is 1. The quantitative estimate of drug-likeness (QED) is 0.0369. The summed E-state index contributed by atoms with van der Waals surface area (Å²) >= 11 is 0. The molecule has 0 radical (unpaired) electrons. The number of nitrogen functional groups attached to an aromatic ring is 1. The maximum atomic E-state index is 13.6. The van der Waals surface area contributed by atoms with E-state index in [2.05, 4.69) is 56.7 Å². The summed E-state index contributed by atoms with van der Waals surface area (Å²) in [5.74, 6) is -3.03. The van der Waals surface area contributed by atoms with Crippen LogP contribution in [-0.4, -0.2) is 138 Å². The summed E-state index contributed by atoms with van der Waals surface area (Å²) in [6.07, 6.45) is 9.45. The zero-order chi connectivity index (χ0) is 54.8. The van der Waals surface area contributed by atoms with Crippen molar-refractivity contribution in [2.24, 2.45) is 11.7 Å². The van der Waals surface area contributed by atoms with Crippen molar-refractivity contribution in [3.8, 4) is 11.3 Å². The normalized spacial score (nSPS) is 15.9. The molecular formula is C53H66N14O10. The number of nitrogens with zero attached hydrogens (tertiary/aromatic N) is 6. The van der Waals surface area contributed by atoms with Gasteiger partial charge in [0.1, 0.15) is 18.7 Å². The molecule has 0 aliphatic carbocycles. The van der Waals surface area contributed by atoms with Crippen LogP contribution in [0.15, 0.2) is 85.3 Å². The lowest BCUT2D eigenvalue weighted by Gasteiger charge is -2.30. The molecule has 3 aliphatic heterocycles. The minimum Gasteiger partial charge on any atom is -0.445 e. The van der Waals surface area contributed by atoms with Crippen molar-refractivity contribution in [1.29, 1.82) is 0 Å². The lowest BCUT2D eigenvalue weighted by Crippen LogP contribution is -2.54. The fraction of sp³-hybridized carbons (Fsp3) is 0.415. The largest absolute Gasteiger partial charge is 0.445 e. The number of unbranched alkanes of at least 4 members (excludes halogenated alkanes) is 2. The second kappa shape index (κ2) is 27.2. The average Bonchev–Trinajstić information content (AvgIpc) is 4.03. The Kier molecular flexibility index (Phi) is 19.8. The first kappa shape index (κ1) is 56.1. The van der Waals surface area contributed by atoms with Gasteiger partial charge in [-0.3, -0.25) is 38.7 Å². The fourth-order valence-electron chi connectivity index (χ4n) is 8.89. The van der Waals surface area contributed by atoms with Gasteiger partial charge in [0.05, 0.1) is 48.7 Å². The first-order valence-electron chi connectivity index (χ1n) is 25.7. The summed E-state index contributed by atoms with van der Waals surface area (Å²) in [6.45, 7) is 7.65. The number of aromatic nitrogens is 3. The van der Waals surface area contributed by atoms with E-state index in [0.29, 0.717) is 94.1 Å². The number of nitrogens with one attached hydrogen (secondary N) is 6. The van der Waals surface area contributed by atoms with E-state index in [0.717, 1.165) is 21.8 Å². The first-order valence-corrected chi connectivity index (χ1v) is 25.7. The van der Waals surface area contributed by atoms with Gasteiger partial charge in [-0.05, 0) is 73.9 Å². The van der Waals surface area contributed by atoms with Crippen molar-refractivity contribution in [3.05, 3.63) is 96.6 Å². The number of alkyl carbamates (subject to hydrolysis) is 1. The summed E-state index contributed by atoms with van der Waals surface area (Å²) in [5.41, 5.74) is 15.9. The molecule has 2 aromatic carbocycles. The minimum absolute atomic E-state index is 0.00886. The topological polar surface area (TPSA) is 328 Å². The number of benzene rings is 2. The minimum atomic E-state index is -1.05. The highest BCUT2D eigenvalue weighted by Crippen LogP contribution is 2.28. The van der Waals surface area contributed by atoms with Crippen molar-refractivity contribution in [2.45, 2.75) is 83.5 Å². The van der Waals surface area contributed by atoms with Crippen LogP contribution in [-0.2, 0) is 40.1 Å². The Balaban J connectivity index is 0.849. The van der Waals surface area contributed by atoms with Crippen LogP contribution in [0.3, 0.4) is 0 Å². The molecule has 24 heteroatoms. The molecule has 77 heavy (non-hydrogen) atoms. The Morgan fingerprint density at radius 2 is 1.57 bits per heavy atom.